The van der Waals surface area contributed by atoms with Crippen molar-refractivity contribution in [2.75, 3.05) is 0 Å². The number of imidazole rings is 1. The highest BCUT2D eigenvalue weighted by Crippen LogP contribution is 2.25. The molecule has 0 aliphatic heterocycles. The molecule has 0 fully saturated rings. The molecular formula is C13H14N4S. The summed E-state index contributed by atoms with van der Waals surface area (Å²) >= 11 is 1.64. The van der Waals surface area contributed by atoms with Gasteiger partial charge in [0.25, 0.3) is 0 Å². The molecule has 92 valence electrons. The summed E-state index contributed by atoms with van der Waals surface area (Å²) in [5.74, 6) is 0. The monoisotopic (exact) mass is 258 g/mol. The van der Waals surface area contributed by atoms with Crippen molar-refractivity contribution in [3.63, 3.8) is 0 Å². The maximum Gasteiger partial charge on any atom is 0.0994 e. The van der Waals surface area contributed by atoms with Gasteiger partial charge in [-0.05, 0) is 32.0 Å². The van der Waals surface area contributed by atoms with Gasteiger partial charge in [0.2, 0.25) is 0 Å². The van der Waals surface area contributed by atoms with E-state index in [-0.39, 0.29) is 0 Å². The van der Waals surface area contributed by atoms with Crippen LogP contribution in [0.2, 0.25) is 0 Å². The van der Waals surface area contributed by atoms with Crippen molar-refractivity contribution in [1.82, 2.24) is 14.5 Å². The molecule has 0 spiro atoms. The Labute approximate surface area is 109 Å². The van der Waals surface area contributed by atoms with Crippen molar-refractivity contribution >= 4 is 21.6 Å². The third-order valence-electron chi connectivity index (χ3n) is 2.89. The second-order valence-corrected chi connectivity index (χ2v) is 5.76. The standard InChI is InChI=1S/C13H14N4S/c1-13(2,14)12-6-15-7-17(12)9-3-4-10-11(5-9)18-8-16-10/h3-8H,14H2,1-2H3. The largest absolute Gasteiger partial charge is 0.321 e. The molecule has 3 rings (SSSR count). The van der Waals surface area contributed by atoms with E-state index in [2.05, 4.69) is 16.0 Å². The first-order valence-corrected chi connectivity index (χ1v) is 6.59. The minimum absolute atomic E-state index is 0.418. The lowest BCUT2D eigenvalue weighted by Crippen LogP contribution is -2.31. The second-order valence-electron chi connectivity index (χ2n) is 4.87. The van der Waals surface area contributed by atoms with Gasteiger partial charge in [0.15, 0.2) is 0 Å². The van der Waals surface area contributed by atoms with Gasteiger partial charge < -0.3 is 10.3 Å². The summed E-state index contributed by atoms with van der Waals surface area (Å²) in [5.41, 5.74) is 10.7. The van der Waals surface area contributed by atoms with Crippen LogP contribution in [0.5, 0.6) is 0 Å². The molecule has 0 aliphatic carbocycles. The van der Waals surface area contributed by atoms with Crippen LogP contribution < -0.4 is 5.73 Å². The fourth-order valence-corrected chi connectivity index (χ4v) is 2.68. The molecule has 3 aromatic rings. The zero-order valence-electron chi connectivity index (χ0n) is 10.3. The van der Waals surface area contributed by atoms with Gasteiger partial charge in [0.1, 0.15) is 0 Å². The highest BCUT2D eigenvalue weighted by molar-refractivity contribution is 7.16. The maximum atomic E-state index is 6.16. The van der Waals surface area contributed by atoms with Gasteiger partial charge in [-0.15, -0.1) is 11.3 Å². The SMILES string of the molecule is CC(C)(N)c1cncn1-c1ccc2ncsc2c1. The molecule has 0 saturated carbocycles. The molecule has 0 atom stereocenters. The predicted molar refractivity (Wildman–Crippen MR) is 74.0 cm³/mol. The second kappa shape index (κ2) is 3.90. The summed E-state index contributed by atoms with van der Waals surface area (Å²) in [6.45, 7) is 3.96. The summed E-state index contributed by atoms with van der Waals surface area (Å²) in [7, 11) is 0. The molecule has 0 saturated heterocycles. The van der Waals surface area contributed by atoms with Gasteiger partial charge in [-0.2, -0.15) is 0 Å². The third-order valence-corrected chi connectivity index (χ3v) is 3.68. The van der Waals surface area contributed by atoms with E-state index in [9.17, 15) is 0 Å². The Bertz CT molecular complexity index is 690. The van der Waals surface area contributed by atoms with Crippen molar-refractivity contribution in [3.8, 4) is 5.69 Å². The number of nitrogens with two attached hydrogens (primary N) is 1. The summed E-state index contributed by atoms with van der Waals surface area (Å²) in [5, 5.41) is 0. The predicted octanol–water partition coefficient (Wildman–Crippen LogP) is 2.68. The first kappa shape index (κ1) is 11.4. The molecule has 2 N–H and O–H groups in total. The van der Waals surface area contributed by atoms with Crippen LogP contribution in [0.4, 0.5) is 0 Å². The minimum Gasteiger partial charge on any atom is -0.321 e. The number of fused-ring (bicyclic) bond motifs is 1. The molecule has 1 aromatic carbocycles. The summed E-state index contributed by atoms with van der Waals surface area (Å²) in [6.07, 6.45) is 3.61. The highest BCUT2D eigenvalue weighted by Gasteiger charge is 2.19. The smallest absolute Gasteiger partial charge is 0.0994 e. The molecule has 2 heterocycles. The Balaban J connectivity index is 2.17. The molecule has 18 heavy (non-hydrogen) atoms. The first-order chi connectivity index (χ1) is 8.55. The van der Waals surface area contributed by atoms with Gasteiger partial charge in [0.05, 0.1) is 39.5 Å². The first-order valence-electron chi connectivity index (χ1n) is 5.71. The van der Waals surface area contributed by atoms with Gasteiger partial charge >= 0.3 is 0 Å². The quantitative estimate of drug-likeness (QED) is 0.769. The molecule has 0 unspecified atom stereocenters. The molecule has 0 bridgehead atoms. The maximum absolute atomic E-state index is 6.16. The van der Waals surface area contributed by atoms with Crippen LogP contribution in [0.15, 0.2) is 36.2 Å². The molecule has 0 aliphatic rings. The van der Waals surface area contributed by atoms with E-state index in [1.165, 1.54) is 4.70 Å². The lowest BCUT2D eigenvalue weighted by Gasteiger charge is -2.20. The molecule has 5 heteroatoms. The van der Waals surface area contributed by atoms with Crippen molar-refractivity contribution in [2.45, 2.75) is 19.4 Å². The van der Waals surface area contributed by atoms with Crippen LogP contribution in [-0.4, -0.2) is 14.5 Å². The Hall–Kier alpha value is -1.72. The lowest BCUT2D eigenvalue weighted by molar-refractivity contribution is 0.524. The summed E-state index contributed by atoms with van der Waals surface area (Å²) in [6, 6.07) is 6.18. The van der Waals surface area contributed by atoms with Crippen LogP contribution in [0.25, 0.3) is 15.9 Å². The number of benzene rings is 1. The average molecular weight is 258 g/mol. The van der Waals surface area contributed by atoms with Gasteiger partial charge in [0, 0.05) is 5.69 Å². The van der Waals surface area contributed by atoms with E-state index in [1.807, 2.05) is 42.3 Å². The van der Waals surface area contributed by atoms with E-state index >= 15 is 0 Å². The van der Waals surface area contributed by atoms with Gasteiger partial charge in [-0.25, -0.2) is 9.97 Å². The highest BCUT2D eigenvalue weighted by atomic mass is 32.1. The summed E-state index contributed by atoms with van der Waals surface area (Å²) < 4.78 is 3.20. The number of hydrogen-bond donors (Lipinski definition) is 1. The molecule has 0 amide bonds. The topological polar surface area (TPSA) is 56.7 Å². The minimum atomic E-state index is -0.418. The van der Waals surface area contributed by atoms with Crippen LogP contribution in [0.3, 0.4) is 0 Å². The lowest BCUT2D eigenvalue weighted by atomic mass is 10.0. The van der Waals surface area contributed by atoms with E-state index in [1.54, 1.807) is 17.7 Å². The van der Waals surface area contributed by atoms with Crippen LogP contribution in [0.1, 0.15) is 19.5 Å². The van der Waals surface area contributed by atoms with E-state index < -0.39 is 5.54 Å². The third kappa shape index (κ3) is 1.81. The van der Waals surface area contributed by atoms with E-state index in [0.29, 0.717) is 0 Å². The van der Waals surface area contributed by atoms with Crippen molar-refractivity contribution in [2.24, 2.45) is 5.73 Å². The summed E-state index contributed by atoms with van der Waals surface area (Å²) in [4.78, 5) is 8.48. The Morgan fingerprint density at radius 1 is 1.33 bits per heavy atom. The van der Waals surface area contributed by atoms with Crippen molar-refractivity contribution in [1.29, 1.82) is 0 Å². The van der Waals surface area contributed by atoms with Crippen LogP contribution in [0, 0.1) is 0 Å². The Morgan fingerprint density at radius 3 is 2.94 bits per heavy atom. The number of nitrogens with zero attached hydrogens (tertiary/aromatic N) is 3. The number of rotatable bonds is 2. The van der Waals surface area contributed by atoms with Gasteiger partial charge in [-0.3, -0.25) is 0 Å². The normalized spacial score (nSPS) is 12.2. The van der Waals surface area contributed by atoms with Crippen LogP contribution in [-0.2, 0) is 5.54 Å². The van der Waals surface area contributed by atoms with Crippen LogP contribution >= 0.6 is 11.3 Å². The Morgan fingerprint density at radius 2 is 2.17 bits per heavy atom. The number of hydrogen-bond acceptors (Lipinski definition) is 4. The molecule has 0 radical (unpaired) electrons. The average Bonchev–Trinajstić information content (AvgIpc) is 2.96. The zero-order chi connectivity index (χ0) is 12.8. The fourth-order valence-electron chi connectivity index (χ4n) is 1.97. The fraction of sp³-hybridized carbons (Fsp3) is 0.231. The van der Waals surface area contributed by atoms with E-state index in [0.717, 1.165) is 16.9 Å². The number of thiazole rings is 1. The molecular weight excluding hydrogens is 244 g/mol. The number of aromatic nitrogens is 3. The van der Waals surface area contributed by atoms with E-state index in [4.69, 9.17) is 5.73 Å². The van der Waals surface area contributed by atoms with Crippen molar-refractivity contribution < 1.29 is 0 Å². The molecule has 4 nitrogen and oxygen atoms in total. The Kier molecular flexibility index (Phi) is 2.46. The van der Waals surface area contributed by atoms with Crippen molar-refractivity contribution in [3.05, 3.63) is 41.9 Å². The molecule has 2 aromatic heterocycles. The zero-order valence-corrected chi connectivity index (χ0v) is 11.1. The van der Waals surface area contributed by atoms with Gasteiger partial charge in [-0.1, -0.05) is 0 Å².